The summed E-state index contributed by atoms with van der Waals surface area (Å²) in [6, 6.07) is 14.3. The van der Waals surface area contributed by atoms with Crippen molar-refractivity contribution in [2.45, 2.75) is 6.42 Å². The van der Waals surface area contributed by atoms with E-state index < -0.39 is 0 Å². The Hall–Kier alpha value is -3.12. The zero-order valence-corrected chi connectivity index (χ0v) is 15.7. The summed E-state index contributed by atoms with van der Waals surface area (Å²) in [5, 5.41) is 2.86. The molecule has 2 amide bonds. The van der Waals surface area contributed by atoms with Crippen LogP contribution in [0.4, 0.5) is 5.69 Å². The van der Waals surface area contributed by atoms with E-state index in [2.05, 4.69) is 11.9 Å². The molecular weight excluding hydrogens is 356 g/mol. The predicted molar refractivity (Wildman–Crippen MR) is 108 cm³/mol. The minimum atomic E-state index is -0.201. The summed E-state index contributed by atoms with van der Waals surface area (Å²) < 4.78 is 10.7. The Bertz CT molecular complexity index is 809. The van der Waals surface area contributed by atoms with Gasteiger partial charge in [0.25, 0.3) is 5.91 Å². The number of nitrogens with zero attached hydrogens (tertiary/aromatic N) is 1. The highest BCUT2D eigenvalue weighted by Crippen LogP contribution is 2.16. The first-order chi connectivity index (χ1) is 13.7. The molecule has 146 valence electrons. The normalized spacial score (nSPS) is 13.6. The lowest BCUT2D eigenvalue weighted by molar-refractivity contribution is -0.134. The van der Waals surface area contributed by atoms with Gasteiger partial charge in [0.2, 0.25) is 5.91 Å². The summed E-state index contributed by atoms with van der Waals surface area (Å²) in [5.74, 6) is 0.581. The van der Waals surface area contributed by atoms with E-state index in [1.165, 1.54) is 0 Å². The van der Waals surface area contributed by atoms with Crippen LogP contribution in [0, 0.1) is 0 Å². The molecule has 1 heterocycles. The van der Waals surface area contributed by atoms with Crippen LogP contribution in [-0.2, 0) is 16.0 Å². The average molecular weight is 380 g/mol. The Balaban J connectivity index is 1.53. The molecule has 1 fully saturated rings. The van der Waals surface area contributed by atoms with Gasteiger partial charge in [-0.3, -0.25) is 9.59 Å². The number of carbonyl (C=O) groups excluding carboxylic acids is 2. The first-order valence-corrected chi connectivity index (χ1v) is 9.25. The number of hydrogen-bond acceptors (Lipinski definition) is 4. The van der Waals surface area contributed by atoms with Gasteiger partial charge in [-0.15, -0.1) is 0 Å². The Morgan fingerprint density at radius 1 is 1.07 bits per heavy atom. The third-order valence-corrected chi connectivity index (χ3v) is 4.42. The Labute approximate surface area is 164 Å². The van der Waals surface area contributed by atoms with Gasteiger partial charge in [0, 0.05) is 24.3 Å². The molecule has 28 heavy (non-hydrogen) atoms. The molecule has 1 aliphatic rings. The van der Waals surface area contributed by atoms with Crippen molar-refractivity contribution in [2.24, 2.45) is 0 Å². The van der Waals surface area contributed by atoms with Crippen LogP contribution >= 0.6 is 0 Å². The van der Waals surface area contributed by atoms with Gasteiger partial charge in [0.05, 0.1) is 19.6 Å². The summed E-state index contributed by atoms with van der Waals surface area (Å²) in [6.07, 6.45) is 2.01. The second kappa shape index (κ2) is 9.71. The van der Waals surface area contributed by atoms with Gasteiger partial charge < -0.3 is 19.7 Å². The molecule has 0 saturated carbocycles. The number of anilines is 1. The number of carbonyl (C=O) groups is 2. The van der Waals surface area contributed by atoms with Crippen molar-refractivity contribution in [1.82, 2.24) is 4.90 Å². The molecule has 0 unspecified atom stereocenters. The molecule has 0 spiro atoms. The number of nitrogens with one attached hydrogen (secondary N) is 1. The predicted octanol–water partition coefficient (Wildman–Crippen LogP) is 2.91. The zero-order chi connectivity index (χ0) is 19.8. The Morgan fingerprint density at radius 3 is 2.39 bits per heavy atom. The van der Waals surface area contributed by atoms with Crippen LogP contribution in [-0.4, -0.2) is 49.6 Å². The number of benzene rings is 2. The largest absolute Gasteiger partial charge is 0.490 e. The van der Waals surface area contributed by atoms with Crippen molar-refractivity contribution in [3.63, 3.8) is 0 Å². The molecule has 1 aliphatic heterocycles. The van der Waals surface area contributed by atoms with Gasteiger partial charge in [-0.2, -0.15) is 0 Å². The van der Waals surface area contributed by atoms with Crippen LogP contribution in [0.2, 0.25) is 0 Å². The van der Waals surface area contributed by atoms with E-state index in [0.29, 0.717) is 56.3 Å². The summed E-state index contributed by atoms with van der Waals surface area (Å²) >= 11 is 0. The van der Waals surface area contributed by atoms with Crippen LogP contribution in [0.3, 0.4) is 0 Å². The van der Waals surface area contributed by atoms with Gasteiger partial charge in [0.15, 0.2) is 0 Å². The van der Waals surface area contributed by atoms with Crippen molar-refractivity contribution in [2.75, 3.05) is 38.2 Å². The second-order valence-electron chi connectivity index (χ2n) is 6.45. The highest BCUT2D eigenvalue weighted by atomic mass is 16.5. The molecule has 0 atom stereocenters. The minimum Gasteiger partial charge on any atom is -0.490 e. The maximum Gasteiger partial charge on any atom is 0.255 e. The van der Waals surface area contributed by atoms with E-state index >= 15 is 0 Å². The fraction of sp³-hybridized carbons (Fsp3) is 0.273. The summed E-state index contributed by atoms with van der Waals surface area (Å²) in [6.45, 7) is 6.50. The molecule has 0 bridgehead atoms. The lowest BCUT2D eigenvalue weighted by Gasteiger charge is -2.26. The van der Waals surface area contributed by atoms with E-state index in [1.54, 1.807) is 42.5 Å². The molecule has 6 heteroatoms. The highest BCUT2D eigenvalue weighted by Gasteiger charge is 2.17. The van der Waals surface area contributed by atoms with Crippen LogP contribution in [0.1, 0.15) is 15.9 Å². The number of hydrogen-bond donors (Lipinski definition) is 1. The van der Waals surface area contributed by atoms with Crippen molar-refractivity contribution >= 4 is 17.5 Å². The quantitative estimate of drug-likeness (QED) is 0.750. The first-order valence-electron chi connectivity index (χ1n) is 9.25. The molecule has 3 rings (SSSR count). The summed E-state index contributed by atoms with van der Waals surface area (Å²) in [7, 11) is 0. The molecule has 0 radical (unpaired) electrons. The van der Waals surface area contributed by atoms with E-state index in [0.717, 1.165) is 5.56 Å². The number of amides is 2. The SMILES string of the molecule is C=CCOc1ccc(C(=O)Nc2ccc(CC(=O)N3CCOCC3)cc2)cc1. The fourth-order valence-corrected chi connectivity index (χ4v) is 2.87. The number of ether oxygens (including phenoxy) is 2. The van der Waals surface area contributed by atoms with Gasteiger partial charge in [-0.05, 0) is 42.0 Å². The minimum absolute atomic E-state index is 0.0962. The molecule has 6 nitrogen and oxygen atoms in total. The summed E-state index contributed by atoms with van der Waals surface area (Å²) in [5.41, 5.74) is 2.13. The molecule has 2 aromatic rings. The lowest BCUT2D eigenvalue weighted by Crippen LogP contribution is -2.41. The Morgan fingerprint density at radius 2 is 1.75 bits per heavy atom. The van der Waals surface area contributed by atoms with E-state index in [1.807, 2.05) is 17.0 Å². The van der Waals surface area contributed by atoms with Crippen molar-refractivity contribution in [3.05, 3.63) is 72.3 Å². The van der Waals surface area contributed by atoms with Crippen molar-refractivity contribution in [1.29, 1.82) is 0 Å². The van der Waals surface area contributed by atoms with Crippen LogP contribution in [0.15, 0.2) is 61.2 Å². The number of rotatable bonds is 7. The van der Waals surface area contributed by atoms with Crippen LogP contribution in [0.5, 0.6) is 5.75 Å². The monoisotopic (exact) mass is 380 g/mol. The van der Waals surface area contributed by atoms with Gasteiger partial charge in [-0.25, -0.2) is 0 Å². The van der Waals surface area contributed by atoms with E-state index in [9.17, 15) is 9.59 Å². The van der Waals surface area contributed by atoms with Crippen molar-refractivity contribution < 1.29 is 19.1 Å². The third kappa shape index (κ3) is 5.44. The molecule has 0 aliphatic carbocycles. The molecule has 1 N–H and O–H groups in total. The maximum atomic E-state index is 12.4. The lowest BCUT2D eigenvalue weighted by atomic mass is 10.1. The van der Waals surface area contributed by atoms with Crippen molar-refractivity contribution in [3.8, 4) is 5.75 Å². The topological polar surface area (TPSA) is 67.9 Å². The number of morpholine rings is 1. The standard InChI is InChI=1S/C22H24N2O4/c1-2-13-28-20-9-5-18(6-10-20)22(26)23-19-7-3-17(4-8-19)16-21(25)24-11-14-27-15-12-24/h2-10H,1,11-16H2,(H,23,26). The smallest absolute Gasteiger partial charge is 0.255 e. The molecule has 0 aromatic heterocycles. The Kier molecular flexibility index (Phi) is 6.81. The van der Waals surface area contributed by atoms with Gasteiger partial charge in [0.1, 0.15) is 12.4 Å². The van der Waals surface area contributed by atoms with Crippen LogP contribution < -0.4 is 10.1 Å². The first kappa shape index (κ1) is 19.6. The van der Waals surface area contributed by atoms with E-state index in [-0.39, 0.29) is 11.8 Å². The van der Waals surface area contributed by atoms with Gasteiger partial charge >= 0.3 is 0 Å². The maximum absolute atomic E-state index is 12.4. The van der Waals surface area contributed by atoms with Crippen LogP contribution in [0.25, 0.3) is 0 Å². The third-order valence-electron chi connectivity index (χ3n) is 4.42. The molecule has 1 saturated heterocycles. The summed E-state index contributed by atoms with van der Waals surface area (Å²) in [4.78, 5) is 26.5. The fourth-order valence-electron chi connectivity index (χ4n) is 2.87. The highest BCUT2D eigenvalue weighted by molar-refractivity contribution is 6.04. The van der Waals surface area contributed by atoms with E-state index in [4.69, 9.17) is 9.47 Å². The van der Waals surface area contributed by atoms with Gasteiger partial charge in [-0.1, -0.05) is 24.8 Å². The zero-order valence-electron chi connectivity index (χ0n) is 15.7. The molecular formula is C22H24N2O4. The molecule has 2 aromatic carbocycles. The second-order valence-corrected chi connectivity index (χ2v) is 6.45. The average Bonchev–Trinajstić information content (AvgIpc) is 2.74.